The van der Waals surface area contributed by atoms with E-state index in [1.807, 2.05) is 36.4 Å². The van der Waals surface area contributed by atoms with Gasteiger partial charge in [0.1, 0.15) is 0 Å². The third-order valence-electron chi connectivity index (χ3n) is 2.56. The molecule has 2 aromatic heterocycles. The summed E-state index contributed by atoms with van der Waals surface area (Å²) in [4.78, 5) is 8.42. The van der Waals surface area contributed by atoms with Crippen LogP contribution < -0.4 is 0 Å². The van der Waals surface area contributed by atoms with Gasteiger partial charge in [-0.3, -0.25) is 0 Å². The lowest BCUT2D eigenvalue weighted by Gasteiger charge is -2.01. The second-order valence-electron chi connectivity index (χ2n) is 3.66. The zero-order valence-electron chi connectivity index (χ0n) is 9.08. The molecule has 3 aromatic rings. The van der Waals surface area contributed by atoms with E-state index in [9.17, 15) is 0 Å². The van der Waals surface area contributed by atoms with E-state index in [1.165, 1.54) is 0 Å². The molecule has 0 spiro atoms. The van der Waals surface area contributed by atoms with Gasteiger partial charge in [0.2, 0.25) is 0 Å². The molecule has 2 heterocycles. The van der Waals surface area contributed by atoms with Gasteiger partial charge in [-0.25, -0.2) is 9.97 Å². The van der Waals surface area contributed by atoms with E-state index in [0.29, 0.717) is 0 Å². The van der Waals surface area contributed by atoms with Crippen molar-refractivity contribution in [3.63, 3.8) is 0 Å². The number of rotatable bonds is 2. The minimum absolute atomic E-state index is 0.742. The Balaban J connectivity index is 1.96. The summed E-state index contributed by atoms with van der Waals surface area (Å²) >= 11 is 0. The van der Waals surface area contributed by atoms with Gasteiger partial charge in [0.25, 0.3) is 0 Å². The van der Waals surface area contributed by atoms with Gasteiger partial charge in [-0.1, -0.05) is 24.3 Å². The van der Waals surface area contributed by atoms with E-state index in [2.05, 4.69) is 9.97 Å². The number of hydrogen-bond acceptors (Lipinski definition) is 3. The molecule has 0 aliphatic rings. The Morgan fingerprint density at radius 2 is 1.47 bits per heavy atom. The summed E-state index contributed by atoms with van der Waals surface area (Å²) in [5, 5.41) is 0. The Kier molecular flexibility index (Phi) is 2.43. The van der Waals surface area contributed by atoms with Gasteiger partial charge in [-0.15, -0.1) is 0 Å². The minimum Gasteiger partial charge on any atom is -0.472 e. The summed E-state index contributed by atoms with van der Waals surface area (Å²) in [6.45, 7) is 0. The Morgan fingerprint density at radius 3 is 2.12 bits per heavy atom. The Morgan fingerprint density at radius 1 is 0.765 bits per heavy atom. The monoisotopic (exact) mass is 222 g/mol. The topological polar surface area (TPSA) is 38.9 Å². The summed E-state index contributed by atoms with van der Waals surface area (Å²) in [6.07, 6.45) is 6.89. The van der Waals surface area contributed by atoms with Crippen LogP contribution in [0.3, 0.4) is 0 Å². The minimum atomic E-state index is 0.742. The van der Waals surface area contributed by atoms with Crippen molar-refractivity contribution in [3.8, 4) is 22.5 Å². The molecule has 0 aliphatic carbocycles. The van der Waals surface area contributed by atoms with E-state index in [-0.39, 0.29) is 0 Å². The average molecular weight is 222 g/mol. The van der Waals surface area contributed by atoms with Crippen molar-refractivity contribution in [1.82, 2.24) is 9.97 Å². The molecule has 1 aromatic carbocycles. The van der Waals surface area contributed by atoms with Crippen molar-refractivity contribution in [2.45, 2.75) is 0 Å². The van der Waals surface area contributed by atoms with Crippen LogP contribution in [-0.4, -0.2) is 9.97 Å². The molecule has 0 atom stereocenters. The Bertz CT molecular complexity index is 586. The predicted octanol–water partition coefficient (Wildman–Crippen LogP) is 3.40. The molecule has 0 radical (unpaired) electrons. The highest BCUT2D eigenvalue weighted by atomic mass is 16.3. The van der Waals surface area contributed by atoms with Crippen LogP contribution in [0.25, 0.3) is 22.5 Å². The van der Waals surface area contributed by atoms with Crippen molar-refractivity contribution in [2.24, 2.45) is 0 Å². The summed E-state index contributed by atoms with van der Waals surface area (Å²) in [6, 6.07) is 11.8. The number of nitrogens with zero attached hydrogens (tertiary/aromatic N) is 2. The van der Waals surface area contributed by atoms with Crippen LogP contribution in [0, 0.1) is 0 Å². The fraction of sp³-hybridized carbons (Fsp3) is 0. The third kappa shape index (κ3) is 1.95. The summed E-state index contributed by atoms with van der Waals surface area (Å²) in [7, 11) is 0. The molecular weight excluding hydrogens is 212 g/mol. The van der Waals surface area contributed by atoms with Crippen molar-refractivity contribution >= 4 is 0 Å². The lowest BCUT2D eigenvalue weighted by molar-refractivity contribution is 0.568. The lowest BCUT2D eigenvalue weighted by atomic mass is 10.1. The first-order chi connectivity index (χ1) is 8.43. The number of furan rings is 1. The molecule has 0 fully saturated rings. The fourth-order valence-electron chi connectivity index (χ4n) is 1.69. The van der Waals surface area contributed by atoms with Gasteiger partial charge >= 0.3 is 0 Å². The quantitative estimate of drug-likeness (QED) is 0.667. The molecule has 17 heavy (non-hydrogen) atoms. The summed E-state index contributed by atoms with van der Waals surface area (Å²) in [5.74, 6) is 0.742. The summed E-state index contributed by atoms with van der Waals surface area (Å²) in [5.41, 5.74) is 3.21. The Hall–Kier alpha value is -2.42. The van der Waals surface area contributed by atoms with Crippen molar-refractivity contribution in [3.05, 3.63) is 61.3 Å². The maximum absolute atomic E-state index is 5.06. The van der Waals surface area contributed by atoms with Crippen LogP contribution >= 0.6 is 0 Å². The average Bonchev–Trinajstić information content (AvgIpc) is 2.94. The van der Waals surface area contributed by atoms with Crippen LogP contribution in [0.2, 0.25) is 0 Å². The van der Waals surface area contributed by atoms with Crippen LogP contribution in [0.5, 0.6) is 0 Å². The van der Waals surface area contributed by atoms with Gasteiger partial charge < -0.3 is 4.42 Å². The number of hydrogen-bond donors (Lipinski definition) is 0. The molecule has 0 unspecified atom stereocenters. The maximum Gasteiger partial charge on any atom is 0.159 e. The van der Waals surface area contributed by atoms with Crippen molar-refractivity contribution in [2.75, 3.05) is 0 Å². The lowest BCUT2D eigenvalue weighted by Crippen LogP contribution is -1.86. The highest BCUT2D eigenvalue weighted by molar-refractivity contribution is 5.66. The highest BCUT2D eigenvalue weighted by Gasteiger charge is 2.02. The number of benzene rings is 1. The van der Waals surface area contributed by atoms with Crippen LogP contribution in [-0.2, 0) is 0 Å². The van der Waals surface area contributed by atoms with Crippen molar-refractivity contribution in [1.29, 1.82) is 0 Å². The van der Waals surface area contributed by atoms with Gasteiger partial charge in [0.15, 0.2) is 5.82 Å². The SMILES string of the molecule is c1cnc(-c2ccc(-c3ccoc3)cc2)nc1. The fourth-order valence-corrected chi connectivity index (χ4v) is 1.69. The normalized spacial score (nSPS) is 10.4. The van der Waals surface area contributed by atoms with E-state index in [0.717, 1.165) is 22.5 Å². The zero-order chi connectivity index (χ0) is 11.5. The van der Waals surface area contributed by atoms with E-state index in [4.69, 9.17) is 4.42 Å². The molecule has 0 aliphatic heterocycles. The molecule has 0 N–H and O–H groups in total. The van der Waals surface area contributed by atoms with Gasteiger partial charge in [0.05, 0.1) is 12.5 Å². The van der Waals surface area contributed by atoms with E-state index < -0.39 is 0 Å². The second kappa shape index (κ2) is 4.22. The second-order valence-corrected chi connectivity index (χ2v) is 3.66. The molecular formula is C14H10N2O. The standard InChI is InChI=1S/C14H10N2O/c1-7-15-14(16-8-1)12-4-2-11(3-5-12)13-6-9-17-10-13/h1-10H. The molecule has 0 saturated heterocycles. The zero-order valence-corrected chi connectivity index (χ0v) is 9.08. The smallest absolute Gasteiger partial charge is 0.159 e. The third-order valence-corrected chi connectivity index (χ3v) is 2.56. The van der Waals surface area contributed by atoms with E-state index >= 15 is 0 Å². The molecule has 0 amide bonds. The summed E-state index contributed by atoms with van der Waals surface area (Å²) < 4.78 is 5.06. The van der Waals surface area contributed by atoms with Gasteiger partial charge in [-0.2, -0.15) is 0 Å². The molecule has 82 valence electrons. The highest BCUT2D eigenvalue weighted by Crippen LogP contribution is 2.22. The largest absolute Gasteiger partial charge is 0.472 e. The van der Waals surface area contributed by atoms with Gasteiger partial charge in [0, 0.05) is 23.5 Å². The molecule has 3 nitrogen and oxygen atoms in total. The molecule has 0 saturated carbocycles. The first-order valence-electron chi connectivity index (χ1n) is 5.33. The van der Waals surface area contributed by atoms with Crippen LogP contribution in [0.4, 0.5) is 0 Å². The predicted molar refractivity (Wildman–Crippen MR) is 65.2 cm³/mol. The Labute approximate surface area is 98.8 Å². The molecule has 3 rings (SSSR count). The molecule has 3 heteroatoms. The number of aromatic nitrogens is 2. The van der Waals surface area contributed by atoms with Gasteiger partial charge in [-0.05, 0) is 17.7 Å². The first kappa shape index (κ1) is 9.78. The first-order valence-corrected chi connectivity index (χ1v) is 5.33. The van der Waals surface area contributed by atoms with Crippen LogP contribution in [0.15, 0.2) is 65.7 Å². The van der Waals surface area contributed by atoms with Crippen LogP contribution in [0.1, 0.15) is 0 Å². The van der Waals surface area contributed by atoms with Crippen molar-refractivity contribution < 1.29 is 4.42 Å². The van der Waals surface area contributed by atoms with E-state index in [1.54, 1.807) is 24.9 Å². The molecule has 0 bridgehead atoms. The maximum atomic E-state index is 5.06.